The van der Waals surface area contributed by atoms with Gasteiger partial charge in [0.25, 0.3) is 5.89 Å². The van der Waals surface area contributed by atoms with Crippen LogP contribution in [-0.2, 0) is 11.3 Å². The largest absolute Gasteiger partial charge is 0.497 e. The first-order valence-electron chi connectivity index (χ1n) is 8.53. The molecule has 8 nitrogen and oxygen atoms in total. The average Bonchev–Trinajstić information content (AvgIpc) is 3.30. The summed E-state index contributed by atoms with van der Waals surface area (Å²) in [5, 5.41) is 6.95. The second-order valence-corrected chi connectivity index (χ2v) is 6.37. The lowest BCUT2D eigenvalue weighted by Crippen LogP contribution is -2.36. The first-order chi connectivity index (χ1) is 13.0. The van der Waals surface area contributed by atoms with Crippen LogP contribution in [0.15, 0.2) is 56.3 Å². The van der Waals surface area contributed by atoms with Crippen molar-refractivity contribution in [1.82, 2.24) is 15.1 Å². The number of carbonyl (C=O) groups excluding carboxylic acids is 1. The van der Waals surface area contributed by atoms with Crippen molar-refractivity contribution in [2.24, 2.45) is 5.92 Å². The Labute approximate surface area is 155 Å². The topological polar surface area (TPSA) is 99.5 Å². The molecule has 1 aromatic carbocycles. The van der Waals surface area contributed by atoms with E-state index >= 15 is 0 Å². The quantitative estimate of drug-likeness (QED) is 0.685. The normalized spacial score (nSPS) is 12.1. The van der Waals surface area contributed by atoms with Gasteiger partial charge in [0.05, 0.1) is 19.4 Å². The Hall–Kier alpha value is -3.29. The highest BCUT2D eigenvalue weighted by Crippen LogP contribution is 2.24. The molecule has 27 heavy (non-hydrogen) atoms. The van der Waals surface area contributed by atoms with E-state index in [1.165, 1.54) is 6.26 Å². The minimum atomic E-state index is -0.720. The molecule has 0 fully saturated rings. The van der Waals surface area contributed by atoms with Gasteiger partial charge in [-0.2, -0.15) is 4.68 Å². The lowest BCUT2D eigenvalue weighted by molar-refractivity contribution is -0.123. The number of rotatable bonds is 7. The molecule has 2 aromatic heterocycles. The van der Waals surface area contributed by atoms with Crippen LogP contribution in [0.4, 0.5) is 0 Å². The first-order valence-corrected chi connectivity index (χ1v) is 8.53. The third-order valence-corrected chi connectivity index (χ3v) is 4.09. The fourth-order valence-electron chi connectivity index (χ4n) is 2.71. The number of hydrogen-bond acceptors (Lipinski definition) is 6. The van der Waals surface area contributed by atoms with Gasteiger partial charge in [0.1, 0.15) is 12.3 Å². The van der Waals surface area contributed by atoms with Crippen LogP contribution in [0, 0.1) is 5.92 Å². The van der Waals surface area contributed by atoms with Crippen molar-refractivity contribution < 1.29 is 18.4 Å². The monoisotopic (exact) mass is 371 g/mol. The second kappa shape index (κ2) is 7.94. The van der Waals surface area contributed by atoms with Crippen molar-refractivity contribution in [3.8, 4) is 17.4 Å². The van der Waals surface area contributed by atoms with Crippen molar-refractivity contribution >= 4 is 5.91 Å². The molecule has 1 unspecified atom stereocenters. The maximum absolute atomic E-state index is 12.5. The van der Waals surface area contributed by atoms with Gasteiger partial charge in [0, 0.05) is 0 Å². The van der Waals surface area contributed by atoms with Crippen LogP contribution in [0.2, 0.25) is 0 Å². The van der Waals surface area contributed by atoms with Gasteiger partial charge in [-0.1, -0.05) is 26.0 Å². The zero-order valence-electron chi connectivity index (χ0n) is 15.3. The van der Waals surface area contributed by atoms with Gasteiger partial charge < -0.3 is 18.9 Å². The maximum Gasteiger partial charge on any atom is 0.437 e. The van der Waals surface area contributed by atoms with Crippen LogP contribution in [0.5, 0.6) is 5.75 Å². The Morgan fingerprint density at radius 2 is 2.00 bits per heavy atom. The number of furan rings is 1. The molecule has 0 bridgehead atoms. The Balaban J connectivity index is 1.72. The van der Waals surface area contributed by atoms with E-state index in [-0.39, 0.29) is 30.3 Å². The summed E-state index contributed by atoms with van der Waals surface area (Å²) in [5.74, 6) is 0.188. The predicted octanol–water partition coefficient (Wildman–Crippen LogP) is 2.62. The Kier molecular flexibility index (Phi) is 5.44. The van der Waals surface area contributed by atoms with Crippen LogP contribution >= 0.6 is 0 Å². The third kappa shape index (κ3) is 4.28. The second-order valence-electron chi connectivity index (χ2n) is 6.37. The predicted molar refractivity (Wildman–Crippen MR) is 97.2 cm³/mol. The van der Waals surface area contributed by atoms with Gasteiger partial charge in [0.15, 0.2) is 5.76 Å². The maximum atomic E-state index is 12.5. The first kappa shape index (κ1) is 18.5. The Bertz CT molecular complexity index is 939. The number of aromatic nitrogens is 2. The lowest BCUT2D eigenvalue weighted by Gasteiger charge is -2.23. The number of nitrogens with one attached hydrogen (secondary N) is 1. The molecule has 0 saturated carbocycles. The van der Waals surface area contributed by atoms with Gasteiger partial charge in [0.2, 0.25) is 5.91 Å². The molecule has 142 valence electrons. The lowest BCUT2D eigenvalue weighted by atomic mass is 9.96. The van der Waals surface area contributed by atoms with Gasteiger partial charge in [-0.3, -0.25) is 4.79 Å². The highest BCUT2D eigenvalue weighted by atomic mass is 16.5. The summed E-state index contributed by atoms with van der Waals surface area (Å²) in [7, 11) is 1.60. The van der Waals surface area contributed by atoms with Crippen molar-refractivity contribution in [2.45, 2.75) is 26.4 Å². The zero-order chi connectivity index (χ0) is 19.4. The molecule has 0 radical (unpaired) electrons. The van der Waals surface area contributed by atoms with E-state index in [0.717, 1.165) is 16.0 Å². The summed E-state index contributed by atoms with van der Waals surface area (Å²) in [6.45, 7) is 3.77. The molecule has 0 spiro atoms. The van der Waals surface area contributed by atoms with Crippen LogP contribution < -0.4 is 15.8 Å². The van der Waals surface area contributed by atoms with Crippen LogP contribution in [0.1, 0.15) is 25.5 Å². The number of carbonyl (C=O) groups is 1. The van der Waals surface area contributed by atoms with Crippen molar-refractivity contribution in [1.29, 1.82) is 0 Å². The standard InChI is InChI=1S/C19H21N3O5/c1-12(2)17(13-6-8-14(25-3)9-7-13)20-16(23)11-22-19(24)27-18(21-22)15-5-4-10-26-15/h4-10,12,17H,11H2,1-3H3,(H,20,23). The van der Waals surface area contributed by atoms with E-state index < -0.39 is 5.76 Å². The number of nitrogens with zero attached hydrogens (tertiary/aromatic N) is 2. The van der Waals surface area contributed by atoms with E-state index in [2.05, 4.69) is 10.4 Å². The number of benzene rings is 1. The number of amides is 1. The molecule has 3 rings (SSSR count). The number of hydrogen-bond donors (Lipinski definition) is 1. The average molecular weight is 371 g/mol. The van der Waals surface area contributed by atoms with Gasteiger partial charge in [-0.25, -0.2) is 4.79 Å². The van der Waals surface area contributed by atoms with Crippen molar-refractivity contribution in [2.75, 3.05) is 7.11 Å². The molecular weight excluding hydrogens is 350 g/mol. The van der Waals surface area contributed by atoms with E-state index in [1.807, 2.05) is 38.1 Å². The number of methoxy groups -OCH3 is 1. The molecular formula is C19H21N3O5. The van der Waals surface area contributed by atoms with Gasteiger partial charge >= 0.3 is 5.76 Å². The molecule has 0 aliphatic heterocycles. The summed E-state index contributed by atoms with van der Waals surface area (Å²) in [6.07, 6.45) is 1.45. The fourth-order valence-corrected chi connectivity index (χ4v) is 2.71. The Morgan fingerprint density at radius 1 is 1.26 bits per heavy atom. The third-order valence-electron chi connectivity index (χ3n) is 4.09. The molecule has 3 aromatic rings. The minimum absolute atomic E-state index is 0.0355. The highest BCUT2D eigenvalue weighted by Gasteiger charge is 2.20. The van der Waals surface area contributed by atoms with Crippen LogP contribution in [-0.4, -0.2) is 22.8 Å². The molecule has 0 aliphatic rings. The van der Waals surface area contributed by atoms with Crippen LogP contribution in [0.3, 0.4) is 0 Å². The summed E-state index contributed by atoms with van der Waals surface area (Å²) < 4.78 is 16.3. The molecule has 1 N–H and O–H groups in total. The van der Waals surface area contributed by atoms with E-state index in [4.69, 9.17) is 13.6 Å². The summed E-state index contributed by atoms with van der Waals surface area (Å²) in [6, 6.07) is 10.6. The van der Waals surface area contributed by atoms with Crippen molar-refractivity contribution in [3.05, 3.63) is 58.8 Å². The number of ether oxygens (including phenoxy) is 1. The molecule has 2 heterocycles. The molecule has 0 aliphatic carbocycles. The zero-order valence-corrected chi connectivity index (χ0v) is 15.3. The molecule has 1 amide bonds. The van der Waals surface area contributed by atoms with Gasteiger partial charge in [-0.05, 0) is 35.7 Å². The smallest absolute Gasteiger partial charge is 0.437 e. The van der Waals surface area contributed by atoms with Gasteiger partial charge in [-0.15, -0.1) is 5.10 Å². The molecule has 1 atom stereocenters. The highest BCUT2D eigenvalue weighted by molar-refractivity contribution is 5.76. The fraction of sp³-hybridized carbons (Fsp3) is 0.316. The summed E-state index contributed by atoms with van der Waals surface area (Å²) in [5.41, 5.74) is 0.947. The SMILES string of the molecule is COc1ccc(C(NC(=O)Cn2nc(-c3ccco3)oc2=O)C(C)C)cc1. The van der Waals surface area contributed by atoms with Crippen LogP contribution in [0.25, 0.3) is 11.7 Å². The summed E-state index contributed by atoms with van der Waals surface area (Å²) >= 11 is 0. The molecule has 8 heteroatoms. The Morgan fingerprint density at radius 3 is 2.59 bits per heavy atom. The van der Waals surface area contributed by atoms with E-state index in [1.54, 1.807) is 19.2 Å². The van der Waals surface area contributed by atoms with E-state index in [9.17, 15) is 9.59 Å². The van der Waals surface area contributed by atoms with Crippen molar-refractivity contribution in [3.63, 3.8) is 0 Å². The summed E-state index contributed by atoms with van der Waals surface area (Å²) in [4.78, 5) is 24.4. The molecule has 0 saturated heterocycles. The van der Waals surface area contributed by atoms with E-state index in [0.29, 0.717) is 5.76 Å². The minimum Gasteiger partial charge on any atom is -0.497 e.